The molecule has 122 valence electrons. The van der Waals surface area contributed by atoms with Gasteiger partial charge in [-0.15, -0.1) is 0 Å². The van der Waals surface area contributed by atoms with Gasteiger partial charge in [-0.2, -0.15) is 0 Å². The van der Waals surface area contributed by atoms with E-state index in [1.165, 1.54) is 25.7 Å². The first-order chi connectivity index (χ1) is 9.49. The van der Waals surface area contributed by atoms with Crippen molar-refractivity contribution in [1.29, 1.82) is 0 Å². The number of rotatable bonds is 13. The van der Waals surface area contributed by atoms with Gasteiger partial charge in [-0.3, -0.25) is 0 Å². The molecule has 0 aromatic heterocycles. The van der Waals surface area contributed by atoms with E-state index in [1.54, 1.807) is 0 Å². The van der Waals surface area contributed by atoms with Crippen LogP contribution in [0.5, 0.6) is 0 Å². The van der Waals surface area contributed by atoms with Gasteiger partial charge in [-0.1, -0.05) is 26.7 Å². The van der Waals surface area contributed by atoms with E-state index in [1.807, 2.05) is 13.8 Å². The van der Waals surface area contributed by atoms with Crippen molar-refractivity contribution in [2.24, 2.45) is 0 Å². The minimum absolute atomic E-state index is 0.228. The van der Waals surface area contributed by atoms with E-state index in [0.29, 0.717) is 0 Å². The standard InChI is InChI=1S/C16H36N2O2/c1-5-17(13-15(3)19)11-9-7-8-10-12-18(6-2)14-16(4)20/h15-16,19-20H,5-14H2,1-4H3. The van der Waals surface area contributed by atoms with Crippen LogP contribution in [0.2, 0.25) is 0 Å². The van der Waals surface area contributed by atoms with Crippen LogP contribution < -0.4 is 0 Å². The smallest absolute Gasteiger partial charge is 0.0639 e. The lowest BCUT2D eigenvalue weighted by Crippen LogP contribution is -2.32. The summed E-state index contributed by atoms with van der Waals surface area (Å²) in [5.74, 6) is 0. The van der Waals surface area contributed by atoms with Gasteiger partial charge in [0.25, 0.3) is 0 Å². The molecule has 0 aliphatic carbocycles. The molecule has 4 nitrogen and oxygen atoms in total. The molecule has 0 bridgehead atoms. The third kappa shape index (κ3) is 11.6. The molecule has 0 radical (unpaired) electrons. The van der Waals surface area contributed by atoms with Crippen molar-refractivity contribution in [2.75, 3.05) is 39.3 Å². The van der Waals surface area contributed by atoms with E-state index in [4.69, 9.17) is 0 Å². The molecular weight excluding hydrogens is 252 g/mol. The SMILES string of the molecule is CCN(CCCCCCN(CC)CC(C)O)CC(C)O. The summed E-state index contributed by atoms with van der Waals surface area (Å²) < 4.78 is 0. The van der Waals surface area contributed by atoms with Gasteiger partial charge in [-0.05, 0) is 52.9 Å². The molecule has 0 aromatic rings. The first kappa shape index (κ1) is 19.8. The summed E-state index contributed by atoms with van der Waals surface area (Å²) in [7, 11) is 0. The molecule has 0 spiro atoms. The Bertz CT molecular complexity index is 189. The van der Waals surface area contributed by atoms with Gasteiger partial charge < -0.3 is 20.0 Å². The van der Waals surface area contributed by atoms with Gasteiger partial charge in [0.2, 0.25) is 0 Å². The third-order valence-corrected chi connectivity index (χ3v) is 3.64. The molecule has 20 heavy (non-hydrogen) atoms. The van der Waals surface area contributed by atoms with Crippen LogP contribution in [-0.4, -0.2) is 71.5 Å². The fourth-order valence-electron chi connectivity index (χ4n) is 2.53. The van der Waals surface area contributed by atoms with Gasteiger partial charge in [0, 0.05) is 13.1 Å². The van der Waals surface area contributed by atoms with Gasteiger partial charge in [0.1, 0.15) is 0 Å². The molecule has 2 N–H and O–H groups in total. The number of hydrogen-bond donors (Lipinski definition) is 2. The summed E-state index contributed by atoms with van der Waals surface area (Å²) in [6.45, 7) is 13.8. The molecule has 0 fully saturated rings. The van der Waals surface area contributed by atoms with E-state index >= 15 is 0 Å². The highest BCUT2D eigenvalue weighted by Crippen LogP contribution is 2.05. The van der Waals surface area contributed by atoms with Gasteiger partial charge >= 0.3 is 0 Å². The lowest BCUT2D eigenvalue weighted by molar-refractivity contribution is 0.126. The summed E-state index contributed by atoms with van der Waals surface area (Å²) >= 11 is 0. The van der Waals surface area contributed by atoms with Crippen LogP contribution in [0, 0.1) is 0 Å². The zero-order valence-corrected chi connectivity index (χ0v) is 14.0. The summed E-state index contributed by atoms with van der Waals surface area (Å²) in [5.41, 5.74) is 0. The van der Waals surface area contributed by atoms with E-state index in [0.717, 1.165) is 39.3 Å². The molecule has 0 aromatic carbocycles. The predicted molar refractivity (Wildman–Crippen MR) is 86.1 cm³/mol. The molecule has 2 atom stereocenters. The summed E-state index contributed by atoms with van der Waals surface area (Å²) in [6.07, 6.45) is 4.47. The minimum atomic E-state index is -0.228. The maximum atomic E-state index is 9.39. The molecular formula is C16H36N2O2. The fraction of sp³-hybridized carbons (Fsp3) is 1.00. The van der Waals surface area contributed by atoms with Gasteiger partial charge in [-0.25, -0.2) is 0 Å². The van der Waals surface area contributed by atoms with Crippen molar-refractivity contribution < 1.29 is 10.2 Å². The van der Waals surface area contributed by atoms with E-state index in [9.17, 15) is 10.2 Å². The number of hydrogen-bond acceptors (Lipinski definition) is 4. The molecule has 0 saturated carbocycles. The van der Waals surface area contributed by atoms with Crippen LogP contribution >= 0.6 is 0 Å². The molecule has 0 amide bonds. The molecule has 4 heteroatoms. The quantitative estimate of drug-likeness (QED) is 0.509. The first-order valence-electron chi connectivity index (χ1n) is 8.30. The largest absolute Gasteiger partial charge is 0.392 e. The molecule has 0 saturated heterocycles. The van der Waals surface area contributed by atoms with Crippen molar-refractivity contribution >= 4 is 0 Å². The maximum Gasteiger partial charge on any atom is 0.0639 e. The van der Waals surface area contributed by atoms with Crippen molar-refractivity contribution in [3.63, 3.8) is 0 Å². The number of aliphatic hydroxyl groups excluding tert-OH is 2. The Morgan fingerprint density at radius 1 is 0.700 bits per heavy atom. The fourth-order valence-corrected chi connectivity index (χ4v) is 2.53. The van der Waals surface area contributed by atoms with Crippen molar-refractivity contribution in [3.8, 4) is 0 Å². The Labute approximate surface area is 125 Å². The number of unbranched alkanes of at least 4 members (excludes halogenated alkanes) is 3. The molecule has 0 aliphatic rings. The van der Waals surface area contributed by atoms with Crippen LogP contribution in [0.1, 0.15) is 53.4 Å². The first-order valence-corrected chi connectivity index (χ1v) is 8.30. The monoisotopic (exact) mass is 288 g/mol. The average molecular weight is 288 g/mol. The molecule has 0 rings (SSSR count). The zero-order chi connectivity index (χ0) is 15.4. The highest BCUT2D eigenvalue weighted by atomic mass is 16.3. The van der Waals surface area contributed by atoms with Crippen LogP contribution in [0.3, 0.4) is 0 Å². The summed E-state index contributed by atoms with van der Waals surface area (Å²) in [6, 6.07) is 0. The topological polar surface area (TPSA) is 46.9 Å². The van der Waals surface area contributed by atoms with Gasteiger partial charge in [0.15, 0.2) is 0 Å². The lowest BCUT2D eigenvalue weighted by Gasteiger charge is -2.22. The van der Waals surface area contributed by atoms with Crippen LogP contribution in [-0.2, 0) is 0 Å². The third-order valence-electron chi connectivity index (χ3n) is 3.64. The van der Waals surface area contributed by atoms with Crippen LogP contribution in [0.4, 0.5) is 0 Å². The second kappa shape index (κ2) is 12.6. The second-order valence-electron chi connectivity index (χ2n) is 5.90. The minimum Gasteiger partial charge on any atom is -0.392 e. The Kier molecular flexibility index (Phi) is 12.5. The summed E-state index contributed by atoms with van der Waals surface area (Å²) in [5, 5.41) is 18.8. The van der Waals surface area contributed by atoms with E-state index in [2.05, 4.69) is 23.6 Å². The van der Waals surface area contributed by atoms with Crippen molar-refractivity contribution in [1.82, 2.24) is 9.80 Å². The van der Waals surface area contributed by atoms with Crippen molar-refractivity contribution in [2.45, 2.75) is 65.6 Å². The predicted octanol–water partition coefficient (Wildman–Crippen LogP) is 1.95. The molecule has 0 heterocycles. The molecule has 0 aliphatic heterocycles. The lowest BCUT2D eigenvalue weighted by atomic mass is 10.1. The summed E-state index contributed by atoms with van der Waals surface area (Å²) in [4.78, 5) is 4.63. The average Bonchev–Trinajstić information content (AvgIpc) is 2.38. The van der Waals surface area contributed by atoms with Crippen LogP contribution in [0.15, 0.2) is 0 Å². The number of likely N-dealkylation sites (N-methyl/N-ethyl adjacent to an activating group) is 2. The second-order valence-corrected chi connectivity index (χ2v) is 5.90. The Morgan fingerprint density at radius 3 is 1.30 bits per heavy atom. The normalized spacial score (nSPS) is 15.0. The van der Waals surface area contributed by atoms with Gasteiger partial charge in [0.05, 0.1) is 12.2 Å². The van der Waals surface area contributed by atoms with E-state index < -0.39 is 0 Å². The number of nitrogens with zero attached hydrogens (tertiary/aromatic N) is 2. The van der Waals surface area contributed by atoms with E-state index in [-0.39, 0.29) is 12.2 Å². The maximum absolute atomic E-state index is 9.39. The highest BCUT2D eigenvalue weighted by Gasteiger charge is 2.07. The van der Waals surface area contributed by atoms with Crippen molar-refractivity contribution in [3.05, 3.63) is 0 Å². The Morgan fingerprint density at radius 2 is 1.05 bits per heavy atom. The Balaban J connectivity index is 3.55. The Hall–Kier alpha value is -0.160. The molecule has 2 unspecified atom stereocenters. The zero-order valence-electron chi connectivity index (χ0n) is 14.0. The van der Waals surface area contributed by atoms with Crippen LogP contribution in [0.25, 0.3) is 0 Å². The highest BCUT2D eigenvalue weighted by molar-refractivity contribution is 4.62. The number of aliphatic hydroxyl groups is 2.